The van der Waals surface area contributed by atoms with E-state index in [4.69, 9.17) is 4.74 Å². The minimum atomic E-state index is 0.00369. The smallest absolute Gasteiger partial charge is 0.253 e. The molecule has 150 valence electrons. The fraction of sp³-hybridized carbons (Fsp3) is 0.231. The first-order valence-corrected chi connectivity index (χ1v) is 10.5. The van der Waals surface area contributed by atoms with Crippen LogP contribution in [0.3, 0.4) is 0 Å². The molecule has 0 atom stereocenters. The number of fused-ring (bicyclic) bond motifs is 3. The highest BCUT2D eigenvalue weighted by molar-refractivity contribution is 6.22. The first-order chi connectivity index (χ1) is 14.7. The third-order valence-electron chi connectivity index (χ3n) is 6.10. The van der Waals surface area contributed by atoms with Crippen molar-refractivity contribution in [2.45, 2.75) is 12.8 Å². The van der Waals surface area contributed by atoms with Crippen molar-refractivity contribution in [3.63, 3.8) is 0 Å². The normalized spacial score (nSPS) is 15.6. The molecule has 0 unspecified atom stereocenters. The van der Waals surface area contributed by atoms with Crippen LogP contribution in [0.25, 0.3) is 11.1 Å². The van der Waals surface area contributed by atoms with Crippen molar-refractivity contribution in [1.29, 1.82) is 0 Å². The van der Waals surface area contributed by atoms with Crippen LogP contribution in [0.4, 0.5) is 0 Å². The van der Waals surface area contributed by atoms with Gasteiger partial charge in [-0.15, -0.1) is 0 Å². The number of ketones is 1. The summed E-state index contributed by atoms with van der Waals surface area (Å²) in [5.41, 5.74) is 3.82. The summed E-state index contributed by atoms with van der Waals surface area (Å²) in [5, 5.41) is 0. The molecule has 0 saturated carbocycles. The molecule has 30 heavy (non-hydrogen) atoms. The van der Waals surface area contributed by atoms with Crippen LogP contribution in [0.2, 0.25) is 0 Å². The number of hydrogen-bond acceptors (Lipinski definition) is 3. The minimum absolute atomic E-state index is 0.00369. The molecule has 1 amide bonds. The molecular weight excluding hydrogens is 374 g/mol. The Bertz CT molecular complexity index is 1100. The predicted octanol–water partition coefficient (Wildman–Crippen LogP) is 4.83. The Morgan fingerprint density at radius 1 is 0.833 bits per heavy atom. The Labute approximate surface area is 176 Å². The predicted molar refractivity (Wildman–Crippen MR) is 116 cm³/mol. The molecule has 1 fully saturated rings. The molecule has 1 saturated heterocycles. The van der Waals surface area contributed by atoms with E-state index in [2.05, 4.69) is 0 Å². The summed E-state index contributed by atoms with van der Waals surface area (Å²) in [4.78, 5) is 27.7. The molecule has 1 heterocycles. The van der Waals surface area contributed by atoms with Crippen LogP contribution < -0.4 is 4.74 Å². The molecule has 5 rings (SSSR count). The molecule has 2 aliphatic rings. The maximum atomic E-state index is 13.0. The van der Waals surface area contributed by atoms with E-state index >= 15 is 0 Å². The number of carbonyl (C=O) groups is 2. The maximum Gasteiger partial charge on any atom is 0.253 e. The highest BCUT2D eigenvalue weighted by atomic mass is 16.5. The Kier molecular flexibility index (Phi) is 4.83. The fourth-order valence-electron chi connectivity index (χ4n) is 4.38. The molecule has 0 radical (unpaired) electrons. The summed E-state index contributed by atoms with van der Waals surface area (Å²) < 4.78 is 5.88. The first-order valence-electron chi connectivity index (χ1n) is 10.5. The number of para-hydroxylation sites is 1. The Morgan fingerprint density at radius 2 is 1.50 bits per heavy atom. The second-order valence-corrected chi connectivity index (χ2v) is 7.99. The van der Waals surface area contributed by atoms with Crippen molar-refractivity contribution in [3.05, 3.63) is 89.5 Å². The molecule has 3 aromatic rings. The van der Waals surface area contributed by atoms with Gasteiger partial charge >= 0.3 is 0 Å². The average molecular weight is 397 g/mol. The quantitative estimate of drug-likeness (QED) is 0.496. The van der Waals surface area contributed by atoms with E-state index in [1.807, 2.05) is 71.6 Å². The van der Waals surface area contributed by atoms with Crippen molar-refractivity contribution < 1.29 is 14.3 Å². The van der Waals surface area contributed by atoms with Gasteiger partial charge in [-0.1, -0.05) is 48.5 Å². The van der Waals surface area contributed by atoms with Gasteiger partial charge < -0.3 is 9.64 Å². The van der Waals surface area contributed by atoms with Gasteiger partial charge in [-0.3, -0.25) is 9.59 Å². The monoisotopic (exact) mass is 397 g/mol. The maximum absolute atomic E-state index is 13.0. The highest BCUT2D eigenvalue weighted by Gasteiger charge is 2.29. The van der Waals surface area contributed by atoms with Gasteiger partial charge in [-0.2, -0.15) is 0 Å². The fourth-order valence-corrected chi connectivity index (χ4v) is 4.38. The van der Waals surface area contributed by atoms with E-state index in [1.165, 1.54) is 0 Å². The number of carbonyl (C=O) groups excluding carboxylic acids is 2. The summed E-state index contributed by atoms with van der Waals surface area (Å²) in [6.07, 6.45) is 1.85. The van der Waals surface area contributed by atoms with Crippen molar-refractivity contribution in [2.75, 3.05) is 19.7 Å². The number of nitrogens with zero attached hydrogens (tertiary/aromatic N) is 1. The summed E-state index contributed by atoms with van der Waals surface area (Å²) in [6, 6.07) is 23.0. The number of benzene rings is 3. The van der Waals surface area contributed by atoms with E-state index in [9.17, 15) is 9.59 Å². The Hall–Kier alpha value is -3.40. The number of ether oxygens (including phenoxy) is 1. The SMILES string of the molecule is O=C1c2ccccc2-c2ccc(C(=O)N3CCC(COc4ccccc4)CC3)cc21. The van der Waals surface area contributed by atoms with Crippen LogP contribution in [0.5, 0.6) is 5.75 Å². The molecule has 4 heteroatoms. The van der Waals surface area contributed by atoms with Gasteiger partial charge in [-0.25, -0.2) is 0 Å². The van der Waals surface area contributed by atoms with Gasteiger partial charge in [0.1, 0.15) is 5.75 Å². The summed E-state index contributed by atoms with van der Waals surface area (Å²) in [7, 11) is 0. The van der Waals surface area contributed by atoms with Crippen LogP contribution in [0.15, 0.2) is 72.8 Å². The zero-order valence-electron chi connectivity index (χ0n) is 16.7. The topological polar surface area (TPSA) is 46.6 Å². The van der Waals surface area contributed by atoms with Crippen molar-refractivity contribution in [2.24, 2.45) is 5.92 Å². The molecule has 0 bridgehead atoms. The van der Waals surface area contributed by atoms with Gasteiger partial charge in [0.2, 0.25) is 0 Å². The van der Waals surface area contributed by atoms with Crippen molar-refractivity contribution in [1.82, 2.24) is 4.90 Å². The van der Waals surface area contributed by atoms with E-state index in [-0.39, 0.29) is 11.7 Å². The number of hydrogen-bond donors (Lipinski definition) is 0. The second kappa shape index (κ2) is 7.79. The number of piperidine rings is 1. The van der Waals surface area contributed by atoms with Crippen LogP contribution >= 0.6 is 0 Å². The minimum Gasteiger partial charge on any atom is -0.493 e. The number of rotatable bonds is 4. The van der Waals surface area contributed by atoms with Crippen LogP contribution in [0, 0.1) is 5.92 Å². The lowest BCUT2D eigenvalue weighted by molar-refractivity contribution is 0.0661. The van der Waals surface area contributed by atoms with E-state index in [1.54, 1.807) is 6.07 Å². The summed E-state index contributed by atoms with van der Waals surface area (Å²) in [5.74, 6) is 1.35. The lowest BCUT2D eigenvalue weighted by Crippen LogP contribution is -2.39. The molecular formula is C26H23NO3. The van der Waals surface area contributed by atoms with Crippen LogP contribution in [0.1, 0.15) is 39.1 Å². The summed E-state index contributed by atoms with van der Waals surface area (Å²) >= 11 is 0. The molecule has 0 spiro atoms. The van der Waals surface area contributed by atoms with Crippen LogP contribution in [-0.4, -0.2) is 36.3 Å². The molecule has 1 aliphatic carbocycles. The molecule has 3 aromatic carbocycles. The average Bonchev–Trinajstić information content (AvgIpc) is 3.10. The second-order valence-electron chi connectivity index (χ2n) is 7.99. The van der Waals surface area contributed by atoms with E-state index in [0.717, 1.165) is 35.3 Å². The third kappa shape index (κ3) is 3.39. The highest BCUT2D eigenvalue weighted by Crippen LogP contribution is 2.37. The molecule has 0 aromatic heterocycles. The summed E-state index contributed by atoms with van der Waals surface area (Å²) in [6.45, 7) is 2.11. The van der Waals surface area contributed by atoms with Gasteiger partial charge in [0, 0.05) is 29.8 Å². The standard InChI is InChI=1S/C26H23NO3/c28-25-23-9-5-4-8-21(23)22-11-10-19(16-24(22)25)26(29)27-14-12-18(13-15-27)17-30-20-6-2-1-3-7-20/h1-11,16,18H,12-15,17H2. The van der Waals surface area contributed by atoms with E-state index < -0.39 is 0 Å². The largest absolute Gasteiger partial charge is 0.493 e. The Morgan fingerprint density at radius 3 is 2.27 bits per heavy atom. The molecule has 0 N–H and O–H groups in total. The Balaban J connectivity index is 1.23. The van der Waals surface area contributed by atoms with Crippen LogP contribution in [-0.2, 0) is 0 Å². The van der Waals surface area contributed by atoms with E-state index in [0.29, 0.717) is 36.7 Å². The van der Waals surface area contributed by atoms with Gasteiger partial charge in [0.25, 0.3) is 5.91 Å². The van der Waals surface area contributed by atoms with Gasteiger partial charge in [0.05, 0.1) is 6.61 Å². The lowest BCUT2D eigenvalue weighted by Gasteiger charge is -2.32. The molecule has 1 aliphatic heterocycles. The first kappa shape index (κ1) is 18.6. The zero-order valence-corrected chi connectivity index (χ0v) is 16.7. The third-order valence-corrected chi connectivity index (χ3v) is 6.10. The van der Waals surface area contributed by atoms with Gasteiger partial charge in [0.15, 0.2) is 5.78 Å². The number of likely N-dealkylation sites (tertiary alicyclic amines) is 1. The molecule has 4 nitrogen and oxygen atoms in total. The zero-order chi connectivity index (χ0) is 20.5. The lowest BCUT2D eigenvalue weighted by atomic mass is 9.96. The van der Waals surface area contributed by atoms with Crippen molar-refractivity contribution >= 4 is 11.7 Å². The number of amides is 1. The van der Waals surface area contributed by atoms with Gasteiger partial charge in [-0.05, 0) is 54.2 Å². The van der Waals surface area contributed by atoms with Crippen molar-refractivity contribution in [3.8, 4) is 16.9 Å².